The third-order valence-electron chi connectivity index (χ3n) is 5.71. The lowest BCUT2D eigenvalue weighted by atomic mass is 9.88. The van der Waals surface area contributed by atoms with Crippen molar-refractivity contribution in [2.24, 2.45) is 5.92 Å². The summed E-state index contributed by atoms with van der Waals surface area (Å²) in [4.78, 5) is 19.3. The van der Waals surface area contributed by atoms with Crippen LogP contribution < -0.4 is 0 Å². The van der Waals surface area contributed by atoms with Crippen molar-refractivity contribution in [3.63, 3.8) is 0 Å². The maximum absolute atomic E-state index is 13.5. The Hall–Kier alpha value is -2.40. The first-order valence-corrected chi connectivity index (χ1v) is 9.56. The number of fused-ring (bicyclic) bond motifs is 1. The first-order chi connectivity index (χ1) is 13.0. The van der Waals surface area contributed by atoms with Crippen LogP contribution in [0.2, 0.25) is 0 Å². The molecule has 2 aromatic rings. The van der Waals surface area contributed by atoms with Crippen molar-refractivity contribution in [2.75, 3.05) is 40.3 Å². The van der Waals surface area contributed by atoms with Gasteiger partial charge in [-0.15, -0.1) is 0 Å². The van der Waals surface area contributed by atoms with E-state index >= 15 is 0 Å². The molecular formula is C22H26FN3O. The Bertz CT molecular complexity index is 817. The van der Waals surface area contributed by atoms with Crippen LogP contribution in [0.25, 0.3) is 0 Å². The van der Waals surface area contributed by atoms with Crippen molar-refractivity contribution in [1.29, 1.82) is 0 Å². The van der Waals surface area contributed by atoms with E-state index in [-0.39, 0.29) is 17.9 Å². The molecule has 142 valence electrons. The summed E-state index contributed by atoms with van der Waals surface area (Å²) < 4.78 is 13.5. The summed E-state index contributed by atoms with van der Waals surface area (Å²) in [5.41, 5.74) is 3.35. The summed E-state index contributed by atoms with van der Waals surface area (Å²) >= 11 is 0. The van der Waals surface area contributed by atoms with Gasteiger partial charge in [0, 0.05) is 39.1 Å². The van der Waals surface area contributed by atoms with Crippen molar-refractivity contribution in [2.45, 2.75) is 12.5 Å². The molecule has 27 heavy (non-hydrogen) atoms. The third-order valence-corrected chi connectivity index (χ3v) is 5.71. The van der Waals surface area contributed by atoms with Crippen LogP contribution in [0.1, 0.15) is 22.7 Å². The number of hydrogen-bond acceptors (Lipinski definition) is 2. The predicted octanol–water partition coefficient (Wildman–Crippen LogP) is 3.39. The number of carbonyl (C=O) groups excluding carboxylic acids is 1. The molecule has 4 nitrogen and oxygen atoms in total. The minimum Gasteiger partial charge on any atom is -0.327 e. The molecular weight excluding hydrogens is 341 g/mol. The average molecular weight is 367 g/mol. The van der Waals surface area contributed by atoms with Crippen LogP contribution in [-0.2, 0) is 6.42 Å². The lowest BCUT2D eigenvalue weighted by molar-refractivity contribution is 0.0915. The standard InChI is InChI=1S/C22H26FN3O/c1-24-13-16(14-24)15-25(2)22(27)26-12-11-17-5-3-4-6-20(17)21(26)18-7-9-19(23)10-8-18/h3-10,16,21H,11-15H2,1-2H3/t21-/m0/s1. The molecule has 0 bridgehead atoms. The molecule has 2 aliphatic rings. The summed E-state index contributed by atoms with van der Waals surface area (Å²) in [6, 6.07) is 14.7. The number of rotatable bonds is 3. The maximum Gasteiger partial charge on any atom is 0.320 e. The van der Waals surface area contributed by atoms with Crippen molar-refractivity contribution in [3.8, 4) is 0 Å². The van der Waals surface area contributed by atoms with Crippen LogP contribution in [0.15, 0.2) is 48.5 Å². The molecule has 1 saturated heterocycles. The second kappa shape index (κ2) is 7.31. The largest absolute Gasteiger partial charge is 0.327 e. The maximum atomic E-state index is 13.5. The van der Waals surface area contributed by atoms with Gasteiger partial charge in [-0.3, -0.25) is 0 Å². The van der Waals surface area contributed by atoms with Gasteiger partial charge < -0.3 is 14.7 Å². The molecule has 2 heterocycles. The van der Waals surface area contributed by atoms with Gasteiger partial charge in [-0.05, 0) is 42.3 Å². The number of hydrogen-bond donors (Lipinski definition) is 0. The highest BCUT2D eigenvalue weighted by Gasteiger charge is 2.34. The average Bonchev–Trinajstić information content (AvgIpc) is 2.66. The number of nitrogens with zero attached hydrogens (tertiary/aromatic N) is 3. The van der Waals surface area contributed by atoms with Crippen LogP contribution in [0.4, 0.5) is 9.18 Å². The molecule has 0 aromatic heterocycles. The van der Waals surface area contributed by atoms with E-state index in [4.69, 9.17) is 0 Å². The second-order valence-corrected chi connectivity index (χ2v) is 7.85. The van der Waals surface area contributed by atoms with Gasteiger partial charge in [0.1, 0.15) is 5.82 Å². The number of amides is 2. The van der Waals surface area contributed by atoms with Crippen LogP contribution in [0.5, 0.6) is 0 Å². The fraction of sp³-hybridized carbons (Fsp3) is 0.409. The molecule has 5 heteroatoms. The lowest BCUT2D eigenvalue weighted by Gasteiger charge is -2.42. The first kappa shape index (κ1) is 18.0. The van der Waals surface area contributed by atoms with Gasteiger partial charge in [-0.2, -0.15) is 0 Å². The highest BCUT2D eigenvalue weighted by Crippen LogP contribution is 2.35. The van der Waals surface area contributed by atoms with E-state index in [2.05, 4.69) is 24.1 Å². The van der Waals surface area contributed by atoms with E-state index in [0.29, 0.717) is 12.5 Å². The summed E-state index contributed by atoms with van der Waals surface area (Å²) in [5, 5.41) is 0. The monoisotopic (exact) mass is 367 g/mol. The minimum absolute atomic E-state index is 0.0494. The molecule has 1 atom stereocenters. The number of likely N-dealkylation sites (tertiary alicyclic amines) is 1. The van der Waals surface area contributed by atoms with Gasteiger partial charge in [-0.25, -0.2) is 9.18 Å². The van der Waals surface area contributed by atoms with Crippen molar-refractivity contribution in [1.82, 2.24) is 14.7 Å². The van der Waals surface area contributed by atoms with Gasteiger partial charge in [0.25, 0.3) is 0 Å². The van der Waals surface area contributed by atoms with Gasteiger partial charge in [0.15, 0.2) is 0 Å². The molecule has 0 aliphatic carbocycles. The molecule has 2 amide bonds. The number of halogens is 1. The summed E-state index contributed by atoms with van der Waals surface area (Å²) in [6.07, 6.45) is 0.847. The molecule has 4 rings (SSSR count). The molecule has 0 radical (unpaired) electrons. The number of carbonyl (C=O) groups is 1. The van der Waals surface area contributed by atoms with Crippen LogP contribution >= 0.6 is 0 Å². The Kier molecular flexibility index (Phi) is 4.87. The van der Waals surface area contributed by atoms with E-state index in [1.807, 2.05) is 29.0 Å². The fourth-order valence-corrected chi connectivity index (χ4v) is 4.41. The number of urea groups is 1. The zero-order valence-electron chi connectivity index (χ0n) is 15.9. The van der Waals surface area contributed by atoms with E-state index in [1.54, 1.807) is 12.1 Å². The third kappa shape index (κ3) is 3.56. The van der Waals surface area contributed by atoms with Crippen molar-refractivity contribution in [3.05, 3.63) is 71.0 Å². The van der Waals surface area contributed by atoms with E-state index < -0.39 is 0 Å². The molecule has 0 unspecified atom stereocenters. The van der Waals surface area contributed by atoms with Crippen LogP contribution in [0, 0.1) is 11.7 Å². The van der Waals surface area contributed by atoms with E-state index in [1.165, 1.54) is 17.7 Å². The quantitative estimate of drug-likeness (QED) is 0.831. The topological polar surface area (TPSA) is 26.8 Å². The molecule has 2 aliphatic heterocycles. The molecule has 2 aromatic carbocycles. The normalized spacial score (nSPS) is 20.1. The lowest BCUT2D eigenvalue weighted by Crippen LogP contribution is -2.53. The van der Waals surface area contributed by atoms with E-state index in [0.717, 1.165) is 37.2 Å². The highest BCUT2D eigenvalue weighted by molar-refractivity contribution is 5.76. The number of benzene rings is 2. The SMILES string of the molecule is CN1CC(CN(C)C(=O)N2CCc3ccccc3[C@@H]2c2ccc(F)cc2)C1. The Morgan fingerprint density at radius 1 is 1.15 bits per heavy atom. The van der Waals surface area contributed by atoms with E-state index in [9.17, 15) is 9.18 Å². The Labute approximate surface area is 160 Å². The Morgan fingerprint density at radius 2 is 1.85 bits per heavy atom. The van der Waals surface area contributed by atoms with Gasteiger partial charge >= 0.3 is 6.03 Å². The zero-order valence-corrected chi connectivity index (χ0v) is 15.9. The van der Waals surface area contributed by atoms with Crippen LogP contribution in [0.3, 0.4) is 0 Å². The van der Waals surface area contributed by atoms with Crippen LogP contribution in [-0.4, -0.2) is 61.0 Å². The van der Waals surface area contributed by atoms with Crippen molar-refractivity contribution < 1.29 is 9.18 Å². The Balaban J connectivity index is 1.62. The fourth-order valence-electron chi connectivity index (χ4n) is 4.41. The zero-order chi connectivity index (χ0) is 19.0. The Morgan fingerprint density at radius 3 is 2.56 bits per heavy atom. The predicted molar refractivity (Wildman–Crippen MR) is 104 cm³/mol. The van der Waals surface area contributed by atoms with Gasteiger partial charge in [0.2, 0.25) is 0 Å². The molecule has 0 saturated carbocycles. The molecule has 0 N–H and O–H groups in total. The van der Waals surface area contributed by atoms with Gasteiger partial charge in [-0.1, -0.05) is 36.4 Å². The highest BCUT2D eigenvalue weighted by atomic mass is 19.1. The van der Waals surface area contributed by atoms with Crippen molar-refractivity contribution >= 4 is 6.03 Å². The summed E-state index contributed by atoms with van der Waals surface area (Å²) in [7, 11) is 3.99. The molecule has 0 spiro atoms. The smallest absolute Gasteiger partial charge is 0.320 e. The minimum atomic E-state index is -0.257. The summed E-state index contributed by atoms with van der Waals surface area (Å²) in [6.45, 7) is 3.54. The molecule has 1 fully saturated rings. The summed E-state index contributed by atoms with van der Waals surface area (Å²) in [5.74, 6) is 0.289. The first-order valence-electron chi connectivity index (χ1n) is 9.56. The van der Waals surface area contributed by atoms with Gasteiger partial charge in [0.05, 0.1) is 6.04 Å². The second-order valence-electron chi connectivity index (χ2n) is 7.85.